The number of esters is 1. The van der Waals surface area contributed by atoms with E-state index in [0.717, 1.165) is 0 Å². The van der Waals surface area contributed by atoms with E-state index < -0.39 is 5.97 Å². The zero-order chi connectivity index (χ0) is 14.4. The van der Waals surface area contributed by atoms with E-state index in [1.54, 1.807) is 12.3 Å². The third kappa shape index (κ3) is 4.24. The van der Waals surface area contributed by atoms with Gasteiger partial charge in [0.05, 0.1) is 11.9 Å². The van der Waals surface area contributed by atoms with Gasteiger partial charge in [-0.05, 0) is 18.2 Å². The fraction of sp³-hybridized carbons (Fsp3) is 0.0714. The van der Waals surface area contributed by atoms with Crippen molar-refractivity contribution in [3.05, 3.63) is 64.4 Å². The molecule has 4 nitrogen and oxygen atoms in total. The van der Waals surface area contributed by atoms with Crippen molar-refractivity contribution in [2.24, 2.45) is 0 Å². The number of aromatic nitrogens is 2. The van der Waals surface area contributed by atoms with E-state index in [4.69, 9.17) is 4.74 Å². The summed E-state index contributed by atoms with van der Waals surface area (Å²) in [6.45, 7) is 0.0600. The summed E-state index contributed by atoms with van der Waals surface area (Å²) in [6, 6.07) is 4.18. The molecule has 0 fully saturated rings. The molecule has 0 aliphatic carbocycles. The monoisotopic (exact) mass is 336 g/mol. The summed E-state index contributed by atoms with van der Waals surface area (Å²) >= 11 is 3.21. The molecule has 6 heteroatoms. The minimum atomic E-state index is -0.508. The summed E-state index contributed by atoms with van der Waals surface area (Å²) in [5.74, 6) is -0.860. The standard InChI is InChI=1S/C14H10BrFN2O2/c15-13-7-11(16)2-1-10(13)9-20-14(19)4-3-12-8-17-5-6-18-12/h1-8H,9H2. The molecule has 0 spiro atoms. The van der Waals surface area contributed by atoms with Crippen LogP contribution in [0.25, 0.3) is 6.08 Å². The van der Waals surface area contributed by atoms with Crippen LogP contribution in [0.5, 0.6) is 0 Å². The largest absolute Gasteiger partial charge is 0.458 e. The van der Waals surface area contributed by atoms with Crippen molar-refractivity contribution in [1.82, 2.24) is 9.97 Å². The first-order valence-electron chi connectivity index (χ1n) is 5.70. The van der Waals surface area contributed by atoms with Gasteiger partial charge in [0.2, 0.25) is 0 Å². The summed E-state index contributed by atoms with van der Waals surface area (Å²) < 4.78 is 18.5. The highest BCUT2D eigenvalue weighted by Gasteiger charge is 2.04. The predicted octanol–water partition coefficient (Wildman–Crippen LogP) is 3.13. The van der Waals surface area contributed by atoms with Crippen LogP contribution in [0.3, 0.4) is 0 Å². The molecule has 0 bridgehead atoms. The van der Waals surface area contributed by atoms with Gasteiger partial charge in [-0.25, -0.2) is 9.18 Å². The summed E-state index contributed by atoms with van der Waals surface area (Å²) in [7, 11) is 0. The maximum Gasteiger partial charge on any atom is 0.331 e. The van der Waals surface area contributed by atoms with Crippen molar-refractivity contribution in [3.63, 3.8) is 0 Å². The van der Waals surface area contributed by atoms with E-state index in [2.05, 4.69) is 25.9 Å². The third-order valence-electron chi connectivity index (χ3n) is 2.36. The van der Waals surface area contributed by atoms with Gasteiger partial charge in [-0.15, -0.1) is 0 Å². The SMILES string of the molecule is O=C(C=Cc1cnccn1)OCc1ccc(F)cc1Br. The van der Waals surface area contributed by atoms with Crippen LogP contribution in [0, 0.1) is 5.82 Å². The zero-order valence-electron chi connectivity index (χ0n) is 10.3. The summed E-state index contributed by atoms with van der Waals surface area (Å²) in [5.41, 5.74) is 1.25. The molecule has 1 aromatic heterocycles. The Balaban J connectivity index is 1.91. The van der Waals surface area contributed by atoms with Gasteiger partial charge in [-0.3, -0.25) is 9.97 Å². The Hall–Kier alpha value is -2.08. The number of nitrogens with zero attached hydrogens (tertiary/aromatic N) is 2. The maximum absolute atomic E-state index is 12.9. The minimum absolute atomic E-state index is 0.0600. The number of ether oxygens (including phenoxy) is 1. The molecule has 0 radical (unpaired) electrons. The highest BCUT2D eigenvalue weighted by atomic mass is 79.9. The minimum Gasteiger partial charge on any atom is -0.458 e. The average molecular weight is 337 g/mol. The van der Waals surface area contributed by atoms with Gasteiger partial charge in [0, 0.05) is 28.5 Å². The van der Waals surface area contributed by atoms with Gasteiger partial charge in [0.15, 0.2) is 0 Å². The Morgan fingerprint density at radius 2 is 2.25 bits per heavy atom. The highest BCUT2D eigenvalue weighted by Crippen LogP contribution is 2.18. The first-order chi connectivity index (χ1) is 9.65. The van der Waals surface area contributed by atoms with Gasteiger partial charge in [0.25, 0.3) is 0 Å². The molecular formula is C14H10BrFN2O2. The molecule has 0 amide bonds. The summed E-state index contributed by atoms with van der Waals surface area (Å²) in [4.78, 5) is 19.4. The van der Waals surface area contributed by atoms with Gasteiger partial charge in [0.1, 0.15) is 12.4 Å². The lowest BCUT2D eigenvalue weighted by atomic mass is 10.2. The Morgan fingerprint density at radius 1 is 1.40 bits per heavy atom. The lowest BCUT2D eigenvalue weighted by Crippen LogP contribution is -2.01. The molecule has 20 heavy (non-hydrogen) atoms. The van der Waals surface area contributed by atoms with Crippen LogP contribution in [-0.2, 0) is 16.1 Å². The smallest absolute Gasteiger partial charge is 0.331 e. The second kappa shape index (κ2) is 6.91. The highest BCUT2D eigenvalue weighted by molar-refractivity contribution is 9.10. The van der Waals surface area contributed by atoms with E-state index in [1.165, 1.54) is 36.7 Å². The maximum atomic E-state index is 12.9. The Kier molecular flexibility index (Phi) is 4.95. The number of hydrogen-bond acceptors (Lipinski definition) is 4. The molecule has 0 N–H and O–H groups in total. The molecule has 102 valence electrons. The van der Waals surface area contributed by atoms with Crippen molar-refractivity contribution < 1.29 is 13.9 Å². The number of rotatable bonds is 4. The van der Waals surface area contributed by atoms with Crippen molar-refractivity contribution in [1.29, 1.82) is 0 Å². The van der Waals surface area contributed by atoms with Crippen molar-refractivity contribution in [2.45, 2.75) is 6.61 Å². The van der Waals surface area contributed by atoms with Crippen LogP contribution < -0.4 is 0 Å². The Bertz CT molecular complexity index is 632. The van der Waals surface area contributed by atoms with Crippen molar-refractivity contribution in [2.75, 3.05) is 0 Å². The number of hydrogen-bond donors (Lipinski definition) is 0. The van der Waals surface area contributed by atoms with Crippen LogP contribution in [0.1, 0.15) is 11.3 Å². The van der Waals surface area contributed by atoms with E-state index in [9.17, 15) is 9.18 Å². The molecule has 0 saturated heterocycles. The average Bonchev–Trinajstić information content (AvgIpc) is 2.45. The fourth-order valence-corrected chi connectivity index (χ4v) is 1.85. The molecular weight excluding hydrogens is 327 g/mol. The second-order valence-corrected chi connectivity index (χ2v) is 4.66. The van der Waals surface area contributed by atoms with E-state index in [0.29, 0.717) is 15.7 Å². The normalized spacial score (nSPS) is 10.7. The fourth-order valence-electron chi connectivity index (χ4n) is 1.39. The van der Waals surface area contributed by atoms with Crippen LogP contribution >= 0.6 is 15.9 Å². The Morgan fingerprint density at radius 3 is 2.95 bits per heavy atom. The molecule has 0 aliphatic rings. The van der Waals surface area contributed by atoms with Crippen LogP contribution in [-0.4, -0.2) is 15.9 Å². The first-order valence-corrected chi connectivity index (χ1v) is 6.49. The molecule has 0 atom stereocenters. The molecule has 2 rings (SSSR count). The van der Waals surface area contributed by atoms with Crippen molar-refractivity contribution >= 4 is 28.0 Å². The van der Waals surface area contributed by atoms with Crippen LogP contribution in [0.15, 0.2) is 47.3 Å². The summed E-state index contributed by atoms with van der Waals surface area (Å²) in [5, 5.41) is 0. The molecule has 0 saturated carbocycles. The number of halogens is 2. The third-order valence-corrected chi connectivity index (χ3v) is 3.10. The Labute approximate surface area is 123 Å². The van der Waals surface area contributed by atoms with Gasteiger partial charge in [-0.2, -0.15) is 0 Å². The van der Waals surface area contributed by atoms with Gasteiger partial charge < -0.3 is 4.74 Å². The van der Waals surface area contributed by atoms with E-state index in [1.807, 2.05) is 0 Å². The predicted molar refractivity (Wildman–Crippen MR) is 75.0 cm³/mol. The zero-order valence-corrected chi connectivity index (χ0v) is 11.9. The molecule has 0 aliphatic heterocycles. The molecule has 0 unspecified atom stereocenters. The lowest BCUT2D eigenvalue weighted by molar-refractivity contribution is -0.138. The molecule has 2 aromatic rings. The van der Waals surface area contributed by atoms with Gasteiger partial charge in [-0.1, -0.05) is 22.0 Å². The van der Waals surface area contributed by atoms with Crippen molar-refractivity contribution in [3.8, 4) is 0 Å². The van der Waals surface area contributed by atoms with E-state index in [-0.39, 0.29) is 12.4 Å². The quantitative estimate of drug-likeness (QED) is 0.635. The van der Waals surface area contributed by atoms with E-state index >= 15 is 0 Å². The van der Waals surface area contributed by atoms with Gasteiger partial charge >= 0.3 is 5.97 Å². The number of carbonyl (C=O) groups is 1. The first kappa shape index (κ1) is 14.3. The summed E-state index contributed by atoms with van der Waals surface area (Å²) in [6.07, 6.45) is 7.37. The lowest BCUT2D eigenvalue weighted by Gasteiger charge is -2.04. The number of benzene rings is 1. The molecule has 1 heterocycles. The second-order valence-electron chi connectivity index (χ2n) is 3.81. The molecule has 1 aromatic carbocycles. The number of carbonyl (C=O) groups excluding carboxylic acids is 1. The topological polar surface area (TPSA) is 52.1 Å². The van der Waals surface area contributed by atoms with Crippen LogP contribution in [0.4, 0.5) is 4.39 Å². The van der Waals surface area contributed by atoms with Crippen LogP contribution in [0.2, 0.25) is 0 Å².